The molecule has 0 saturated heterocycles. The van der Waals surface area contributed by atoms with Gasteiger partial charge in [-0.1, -0.05) is 188 Å². The van der Waals surface area contributed by atoms with Gasteiger partial charge in [-0.05, 0) is 97.2 Å². The Morgan fingerprint density at radius 2 is 0.755 bits per heavy atom. The van der Waals surface area contributed by atoms with Crippen LogP contribution in [-0.4, -0.2) is 0 Å². The lowest BCUT2D eigenvalue weighted by Crippen LogP contribution is -2.11. The first-order chi connectivity index (χ1) is 26.3. The van der Waals surface area contributed by atoms with Gasteiger partial charge in [-0.15, -0.1) is 0 Å². The Morgan fingerprint density at radius 3 is 1.55 bits per heavy atom. The fourth-order valence-corrected chi connectivity index (χ4v) is 7.51. The van der Waals surface area contributed by atoms with Crippen molar-refractivity contribution in [3.63, 3.8) is 0 Å². The second-order valence-electron chi connectivity index (χ2n) is 13.3. The highest BCUT2D eigenvalue weighted by atomic mass is 15.1. The molecule has 1 heteroatoms. The lowest BCUT2D eigenvalue weighted by atomic mass is 9.92. The summed E-state index contributed by atoms with van der Waals surface area (Å²) in [6, 6.07) is 80.8. The molecule has 0 aliphatic carbocycles. The van der Waals surface area contributed by atoms with E-state index in [1.54, 1.807) is 0 Å². The molecular weight excluding hydrogens is 639 g/mol. The molecule has 0 aliphatic rings. The van der Waals surface area contributed by atoms with E-state index < -0.39 is 0 Å². The molecule has 9 rings (SSSR count). The molecule has 9 aromatic rings. The molecule has 250 valence electrons. The number of nitrogens with zero attached hydrogens (tertiary/aromatic N) is 1. The summed E-state index contributed by atoms with van der Waals surface area (Å²) >= 11 is 0. The van der Waals surface area contributed by atoms with Gasteiger partial charge >= 0.3 is 0 Å². The van der Waals surface area contributed by atoms with Gasteiger partial charge in [0.05, 0.1) is 5.69 Å². The molecule has 0 heterocycles. The minimum Gasteiger partial charge on any atom is -0.310 e. The molecule has 0 N–H and O–H groups in total. The molecule has 0 aromatic heterocycles. The maximum absolute atomic E-state index is 2.41. The van der Waals surface area contributed by atoms with E-state index in [9.17, 15) is 0 Å². The van der Waals surface area contributed by atoms with E-state index in [1.165, 1.54) is 60.8 Å². The molecular formula is C52H37N. The minimum atomic E-state index is 1.09. The number of benzene rings is 9. The maximum atomic E-state index is 2.41. The number of fused-ring (bicyclic) bond motifs is 1. The number of anilines is 3. The van der Waals surface area contributed by atoms with Crippen molar-refractivity contribution in [1.82, 2.24) is 0 Å². The molecule has 0 unspecified atom stereocenters. The zero-order chi connectivity index (χ0) is 35.4. The van der Waals surface area contributed by atoms with Crippen molar-refractivity contribution in [2.75, 3.05) is 4.90 Å². The van der Waals surface area contributed by atoms with Crippen LogP contribution in [0.1, 0.15) is 0 Å². The second kappa shape index (κ2) is 14.3. The fourth-order valence-electron chi connectivity index (χ4n) is 7.51. The van der Waals surface area contributed by atoms with Crippen molar-refractivity contribution in [2.24, 2.45) is 0 Å². The van der Waals surface area contributed by atoms with E-state index in [2.05, 4.69) is 229 Å². The topological polar surface area (TPSA) is 3.24 Å². The van der Waals surface area contributed by atoms with Gasteiger partial charge < -0.3 is 4.90 Å². The smallest absolute Gasteiger partial charge is 0.0540 e. The molecule has 0 aliphatic heterocycles. The molecule has 0 saturated carbocycles. The van der Waals surface area contributed by atoms with Gasteiger partial charge in [-0.2, -0.15) is 0 Å². The largest absolute Gasteiger partial charge is 0.310 e. The van der Waals surface area contributed by atoms with Crippen LogP contribution in [0, 0.1) is 0 Å². The van der Waals surface area contributed by atoms with Crippen LogP contribution in [0.5, 0.6) is 0 Å². The van der Waals surface area contributed by atoms with Gasteiger partial charge in [-0.25, -0.2) is 0 Å². The predicted octanol–water partition coefficient (Wildman–Crippen LogP) is 14.6. The lowest BCUT2D eigenvalue weighted by molar-refractivity contribution is 1.28. The Labute approximate surface area is 311 Å². The summed E-state index contributed by atoms with van der Waals surface area (Å²) in [6.45, 7) is 0. The van der Waals surface area contributed by atoms with Gasteiger partial charge in [0.1, 0.15) is 0 Å². The van der Waals surface area contributed by atoms with E-state index in [0.717, 1.165) is 22.6 Å². The Bertz CT molecular complexity index is 2650. The first-order valence-electron chi connectivity index (χ1n) is 18.2. The highest BCUT2D eigenvalue weighted by Crippen LogP contribution is 2.44. The summed E-state index contributed by atoms with van der Waals surface area (Å²) in [5.74, 6) is 0. The standard InChI is InChI=1S/C52H37N/c1-3-16-38(17-4-1)39-32-34-45(35-33-39)53(52-31-12-11-29-51(52)50-28-10-9-27-48(50)40-18-5-2-6-19-40)46-25-14-23-43(37-46)42-22-13-24-44(36-42)49-30-15-21-41-20-7-8-26-47(41)49/h1-37H. The SMILES string of the molecule is c1ccc(-c2ccc(N(c3cccc(-c4cccc(-c5cccc6ccccc56)c4)c3)c3ccccc3-c3ccccc3-c3ccccc3)cc2)cc1. The van der Waals surface area contributed by atoms with E-state index in [0.29, 0.717) is 0 Å². The summed E-state index contributed by atoms with van der Waals surface area (Å²) < 4.78 is 0. The van der Waals surface area contributed by atoms with Crippen molar-refractivity contribution in [3.05, 3.63) is 224 Å². The third-order valence-electron chi connectivity index (χ3n) is 10.1. The average Bonchev–Trinajstić information content (AvgIpc) is 3.25. The minimum absolute atomic E-state index is 1.09. The summed E-state index contributed by atoms with van der Waals surface area (Å²) in [5.41, 5.74) is 15.3. The maximum Gasteiger partial charge on any atom is 0.0540 e. The summed E-state index contributed by atoms with van der Waals surface area (Å²) in [4.78, 5) is 2.41. The van der Waals surface area contributed by atoms with Gasteiger partial charge in [0.2, 0.25) is 0 Å². The molecule has 0 amide bonds. The summed E-state index contributed by atoms with van der Waals surface area (Å²) in [6.07, 6.45) is 0. The van der Waals surface area contributed by atoms with Crippen LogP contribution in [-0.2, 0) is 0 Å². The first kappa shape index (κ1) is 32.0. The zero-order valence-electron chi connectivity index (χ0n) is 29.3. The molecule has 53 heavy (non-hydrogen) atoms. The average molecular weight is 676 g/mol. The van der Waals surface area contributed by atoms with Crippen molar-refractivity contribution in [2.45, 2.75) is 0 Å². The van der Waals surface area contributed by atoms with E-state index in [4.69, 9.17) is 0 Å². The monoisotopic (exact) mass is 675 g/mol. The van der Waals surface area contributed by atoms with Crippen LogP contribution in [0.15, 0.2) is 224 Å². The van der Waals surface area contributed by atoms with E-state index in [-0.39, 0.29) is 0 Å². The summed E-state index contributed by atoms with van der Waals surface area (Å²) in [7, 11) is 0. The Hall–Kier alpha value is -6.96. The Morgan fingerprint density at radius 1 is 0.245 bits per heavy atom. The molecule has 0 bridgehead atoms. The van der Waals surface area contributed by atoms with E-state index >= 15 is 0 Å². The molecule has 0 atom stereocenters. The van der Waals surface area contributed by atoms with Crippen LogP contribution in [0.4, 0.5) is 17.1 Å². The molecule has 0 radical (unpaired) electrons. The molecule has 0 spiro atoms. The molecule has 1 nitrogen and oxygen atoms in total. The van der Waals surface area contributed by atoms with Gasteiger partial charge in [0, 0.05) is 16.9 Å². The van der Waals surface area contributed by atoms with Gasteiger partial charge in [0.25, 0.3) is 0 Å². The summed E-state index contributed by atoms with van der Waals surface area (Å²) in [5, 5.41) is 2.51. The van der Waals surface area contributed by atoms with Crippen molar-refractivity contribution < 1.29 is 0 Å². The number of para-hydroxylation sites is 1. The quantitative estimate of drug-likeness (QED) is 0.155. The van der Waals surface area contributed by atoms with Crippen molar-refractivity contribution >= 4 is 27.8 Å². The number of hydrogen-bond donors (Lipinski definition) is 0. The van der Waals surface area contributed by atoms with Crippen molar-refractivity contribution in [1.29, 1.82) is 0 Å². The fraction of sp³-hybridized carbons (Fsp3) is 0. The van der Waals surface area contributed by atoms with Crippen LogP contribution in [0.25, 0.3) is 66.4 Å². The lowest BCUT2D eigenvalue weighted by Gasteiger charge is -2.29. The van der Waals surface area contributed by atoms with Gasteiger partial charge in [-0.3, -0.25) is 0 Å². The zero-order valence-corrected chi connectivity index (χ0v) is 29.3. The predicted molar refractivity (Wildman–Crippen MR) is 226 cm³/mol. The highest BCUT2D eigenvalue weighted by molar-refractivity contribution is 5.98. The first-order valence-corrected chi connectivity index (χ1v) is 18.2. The Kier molecular flexibility index (Phi) is 8.66. The van der Waals surface area contributed by atoms with Crippen LogP contribution in [0.2, 0.25) is 0 Å². The Balaban J connectivity index is 1.19. The van der Waals surface area contributed by atoms with Crippen LogP contribution in [0.3, 0.4) is 0 Å². The van der Waals surface area contributed by atoms with Crippen LogP contribution >= 0.6 is 0 Å². The van der Waals surface area contributed by atoms with E-state index in [1.807, 2.05) is 0 Å². The molecule has 0 fully saturated rings. The number of hydrogen-bond acceptors (Lipinski definition) is 1. The van der Waals surface area contributed by atoms with Crippen molar-refractivity contribution in [3.8, 4) is 55.6 Å². The van der Waals surface area contributed by atoms with Crippen LogP contribution < -0.4 is 4.90 Å². The normalized spacial score (nSPS) is 11.0. The second-order valence-corrected chi connectivity index (χ2v) is 13.3. The highest BCUT2D eigenvalue weighted by Gasteiger charge is 2.20. The molecule has 9 aromatic carbocycles. The third kappa shape index (κ3) is 6.42. The third-order valence-corrected chi connectivity index (χ3v) is 10.1. The van der Waals surface area contributed by atoms with Gasteiger partial charge in [0.15, 0.2) is 0 Å². The number of rotatable bonds is 8.